The molecule has 0 unspecified atom stereocenters. The van der Waals surface area contributed by atoms with E-state index in [1.165, 1.54) is 22.4 Å². The van der Waals surface area contributed by atoms with Crippen molar-refractivity contribution < 1.29 is 0 Å². The second-order valence-electron chi connectivity index (χ2n) is 4.20. The number of hydrogen-bond donors (Lipinski definition) is 1. The molecule has 2 rings (SSSR count). The quantitative estimate of drug-likeness (QED) is 0.750. The van der Waals surface area contributed by atoms with Crippen molar-refractivity contribution in [3.63, 3.8) is 0 Å². The van der Waals surface area contributed by atoms with Crippen LogP contribution in [-0.4, -0.2) is 6.54 Å². The monoisotopic (exact) mass is 273 g/mol. The summed E-state index contributed by atoms with van der Waals surface area (Å²) in [6.45, 7) is 7.33. The molecule has 2 aromatic rings. The molecule has 0 aliphatic carbocycles. The summed E-state index contributed by atoms with van der Waals surface area (Å²) in [6.07, 6.45) is 1.25. The average Bonchev–Trinajstić information content (AvgIpc) is 2.47. The van der Waals surface area contributed by atoms with Crippen LogP contribution in [0, 0.1) is 0 Å². The van der Waals surface area contributed by atoms with Gasteiger partial charge in [0.15, 0.2) is 0 Å². The molecule has 0 spiro atoms. The highest BCUT2D eigenvalue weighted by Gasteiger charge is 1.97. The van der Waals surface area contributed by atoms with Crippen molar-refractivity contribution in [1.29, 1.82) is 0 Å². The number of benzene rings is 2. The molecule has 19 heavy (non-hydrogen) atoms. The van der Waals surface area contributed by atoms with E-state index in [0.717, 1.165) is 6.54 Å². The Labute approximate surface area is 121 Å². The molecule has 2 heteroatoms. The molecule has 0 bridgehead atoms. The van der Waals surface area contributed by atoms with Gasteiger partial charge in [0, 0.05) is 11.4 Å². The van der Waals surface area contributed by atoms with Gasteiger partial charge in [0.1, 0.15) is 0 Å². The van der Waals surface area contributed by atoms with Crippen LogP contribution in [0.2, 0.25) is 0 Å². The van der Waals surface area contributed by atoms with Gasteiger partial charge in [-0.1, -0.05) is 69.7 Å². The Morgan fingerprint density at radius 1 is 0.789 bits per heavy atom. The van der Waals surface area contributed by atoms with Gasteiger partial charge in [0.2, 0.25) is 0 Å². The summed E-state index contributed by atoms with van der Waals surface area (Å²) in [6, 6.07) is 19.1. The van der Waals surface area contributed by atoms with Crippen molar-refractivity contribution in [2.24, 2.45) is 0 Å². The first-order chi connectivity index (χ1) is 9.31. The van der Waals surface area contributed by atoms with Gasteiger partial charge in [0.05, 0.1) is 0 Å². The van der Waals surface area contributed by atoms with E-state index in [1.54, 1.807) is 11.9 Å². The zero-order valence-electron chi connectivity index (χ0n) is 12.0. The van der Waals surface area contributed by atoms with Crippen LogP contribution in [0.25, 0.3) is 11.1 Å². The first-order valence-corrected chi connectivity index (χ1v) is 7.68. The van der Waals surface area contributed by atoms with Gasteiger partial charge in [-0.3, -0.25) is 4.72 Å². The van der Waals surface area contributed by atoms with Crippen molar-refractivity contribution in [2.75, 3.05) is 6.54 Å². The molecule has 0 aliphatic rings. The van der Waals surface area contributed by atoms with E-state index in [1.807, 2.05) is 6.07 Å². The Hall–Kier alpha value is -1.25. The Morgan fingerprint density at radius 3 is 1.84 bits per heavy atom. The maximum Gasteiger partial charge on any atom is 0.0228 e. The first-order valence-electron chi connectivity index (χ1n) is 6.87. The summed E-state index contributed by atoms with van der Waals surface area (Å²) in [7, 11) is 0. The highest BCUT2D eigenvalue weighted by atomic mass is 32.2. The summed E-state index contributed by atoms with van der Waals surface area (Å²) in [5.74, 6) is 0. The van der Waals surface area contributed by atoms with Gasteiger partial charge in [-0.05, 0) is 35.2 Å². The lowest BCUT2D eigenvalue weighted by Gasteiger charge is -2.04. The van der Waals surface area contributed by atoms with E-state index in [9.17, 15) is 0 Å². The highest BCUT2D eigenvalue weighted by Crippen LogP contribution is 2.22. The van der Waals surface area contributed by atoms with Crippen molar-refractivity contribution in [1.82, 2.24) is 4.72 Å². The normalized spacial score (nSPS) is 9.63. The predicted octanol–water partition coefficient (Wildman–Crippen LogP) is 5.39. The third-order valence-electron chi connectivity index (χ3n) is 2.30. The lowest BCUT2D eigenvalue weighted by atomic mass is 10.1. The highest BCUT2D eigenvalue weighted by molar-refractivity contribution is 7.97. The molecule has 1 nitrogen and oxygen atoms in total. The fourth-order valence-electron chi connectivity index (χ4n) is 1.50. The molecule has 0 saturated heterocycles. The minimum absolute atomic E-state index is 0.977. The maximum atomic E-state index is 3.24. The summed E-state index contributed by atoms with van der Waals surface area (Å²) < 4.78 is 3.24. The molecular formula is C17H23NS. The van der Waals surface area contributed by atoms with E-state index in [-0.39, 0.29) is 0 Å². The van der Waals surface area contributed by atoms with Gasteiger partial charge in [0.25, 0.3) is 0 Å². The van der Waals surface area contributed by atoms with E-state index < -0.39 is 0 Å². The lowest BCUT2D eigenvalue weighted by Crippen LogP contribution is -1.99. The number of rotatable bonds is 4. The molecule has 0 atom stereocenters. The summed E-state index contributed by atoms with van der Waals surface area (Å²) in [5.41, 5.74) is 2.53. The summed E-state index contributed by atoms with van der Waals surface area (Å²) in [4.78, 5) is 1.25. The van der Waals surface area contributed by atoms with Gasteiger partial charge < -0.3 is 0 Å². The standard InChI is InChI=1S/C14H15NS.C3H8/c1-2-15-16-14-10-8-13(9-11-14)12-6-4-3-5-7-12;1-3-2/h3-11,15H,2H2,1H3;3H2,1-2H3. The molecule has 1 N–H and O–H groups in total. The Balaban J connectivity index is 0.000000550. The van der Waals surface area contributed by atoms with Crippen molar-refractivity contribution in [2.45, 2.75) is 32.1 Å². The lowest BCUT2D eigenvalue weighted by molar-refractivity contribution is 1.03. The van der Waals surface area contributed by atoms with E-state index in [2.05, 4.69) is 74.0 Å². The molecule has 0 aromatic heterocycles. The van der Waals surface area contributed by atoms with Gasteiger partial charge in [-0.15, -0.1) is 0 Å². The van der Waals surface area contributed by atoms with Crippen LogP contribution in [0.1, 0.15) is 27.2 Å². The zero-order valence-corrected chi connectivity index (χ0v) is 12.8. The van der Waals surface area contributed by atoms with Gasteiger partial charge in [-0.25, -0.2) is 0 Å². The molecule has 0 heterocycles. The maximum absolute atomic E-state index is 3.24. The predicted molar refractivity (Wildman–Crippen MR) is 87.4 cm³/mol. The van der Waals surface area contributed by atoms with Crippen molar-refractivity contribution in [3.8, 4) is 11.1 Å². The smallest absolute Gasteiger partial charge is 0.0228 e. The van der Waals surface area contributed by atoms with Crippen molar-refractivity contribution in [3.05, 3.63) is 54.6 Å². The largest absolute Gasteiger partial charge is 0.260 e. The molecule has 0 radical (unpaired) electrons. The van der Waals surface area contributed by atoms with Crippen LogP contribution in [0.3, 0.4) is 0 Å². The average molecular weight is 273 g/mol. The SMILES string of the molecule is CCC.CCNSc1ccc(-c2ccccc2)cc1. The molecule has 0 aliphatic heterocycles. The van der Waals surface area contributed by atoms with Crippen LogP contribution >= 0.6 is 11.9 Å². The number of nitrogens with one attached hydrogen (secondary N) is 1. The Morgan fingerprint density at radius 2 is 1.32 bits per heavy atom. The van der Waals surface area contributed by atoms with Crippen LogP contribution in [-0.2, 0) is 0 Å². The fourth-order valence-corrected chi connectivity index (χ4v) is 2.08. The molecule has 0 fully saturated rings. The van der Waals surface area contributed by atoms with Crippen LogP contribution < -0.4 is 4.72 Å². The van der Waals surface area contributed by atoms with E-state index in [4.69, 9.17) is 0 Å². The second kappa shape index (κ2) is 9.65. The molecule has 0 amide bonds. The molecule has 0 saturated carbocycles. The zero-order chi connectivity index (χ0) is 13.9. The molecule has 102 valence electrons. The Bertz CT molecular complexity index is 437. The number of hydrogen-bond acceptors (Lipinski definition) is 2. The Kier molecular flexibility index (Phi) is 8.03. The summed E-state index contributed by atoms with van der Waals surface area (Å²) >= 11 is 1.67. The van der Waals surface area contributed by atoms with E-state index >= 15 is 0 Å². The van der Waals surface area contributed by atoms with E-state index in [0.29, 0.717) is 0 Å². The third kappa shape index (κ3) is 5.95. The third-order valence-corrected chi connectivity index (χ3v) is 3.24. The van der Waals surface area contributed by atoms with Crippen LogP contribution in [0.4, 0.5) is 0 Å². The minimum atomic E-state index is 0.977. The molecule has 2 aromatic carbocycles. The molecular weight excluding hydrogens is 250 g/mol. The fraction of sp³-hybridized carbons (Fsp3) is 0.294. The topological polar surface area (TPSA) is 12.0 Å². The van der Waals surface area contributed by atoms with Crippen molar-refractivity contribution >= 4 is 11.9 Å². The minimum Gasteiger partial charge on any atom is -0.260 e. The summed E-state index contributed by atoms with van der Waals surface area (Å²) in [5, 5.41) is 0. The van der Waals surface area contributed by atoms with Crippen LogP contribution in [0.15, 0.2) is 59.5 Å². The van der Waals surface area contributed by atoms with Gasteiger partial charge in [-0.2, -0.15) is 0 Å². The van der Waals surface area contributed by atoms with Gasteiger partial charge >= 0.3 is 0 Å². The second-order valence-corrected chi connectivity index (χ2v) is 5.16. The first kappa shape index (κ1) is 15.8. The van der Waals surface area contributed by atoms with Crippen LogP contribution in [0.5, 0.6) is 0 Å².